The van der Waals surface area contributed by atoms with Gasteiger partial charge in [-0.2, -0.15) is 0 Å². The van der Waals surface area contributed by atoms with E-state index in [4.69, 9.17) is 4.74 Å². The minimum absolute atomic E-state index is 0.0519. The molecule has 5 rings (SSSR count). The van der Waals surface area contributed by atoms with Gasteiger partial charge < -0.3 is 19.2 Å². The molecule has 0 saturated heterocycles. The first kappa shape index (κ1) is 22.6. The van der Waals surface area contributed by atoms with Crippen LogP contribution in [0.1, 0.15) is 46.2 Å². The Balaban J connectivity index is 1.45. The number of hydrogen-bond acceptors (Lipinski definition) is 4. The molecule has 1 amide bonds. The van der Waals surface area contributed by atoms with Gasteiger partial charge in [-0.05, 0) is 68.1 Å². The van der Waals surface area contributed by atoms with Crippen LogP contribution in [0.4, 0.5) is 10.1 Å². The van der Waals surface area contributed by atoms with Crippen molar-refractivity contribution in [2.45, 2.75) is 32.2 Å². The molecule has 8 heteroatoms. The van der Waals surface area contributed by atoms with Crippen molar-refractivity contribution in [3.8, 4) is 11.4 Å². The van der Waals surface area contributed by atoms with E-state index in [9.17, 15) is 14.0 Å². The summed E-state index contributed by atoms with van der Waals surface area (Å²) in [7, 11) is 1.56. The Labute approximate surface area is 201 Å². The Morgan fingerprint density at radius 1 is 1.14 bits per heavy atom. The van der Waals surface area contributed by atoms with Gasteiger partial charge >= 0.3 is 0 Å². The zero-order valence-electron chi connectivity index (χ0n) is 19.5. The lowest BCUT2D eigenvalue weighted by atomic mass is 9.94. The van der Waals surface area contributed by atoms with Gasteiger partial charge in [-0.1, -0.05) is 12.1 Å². The maximum absolute atomic E-state index is 13.5. The van der Waals surface area contributed by atoms with E-state index in [1.54, 1.807) is 48.3 Å². The summed E-state index contributed by atoms with van der Waals surface area (Å²) in [4.78, 5) is 30.8. The minimum Gasteiger partial charge on any atom is -0.494 e. The number of hydrogen-bond donors (Lipinski definition) is 1. The molecule has 1 unspecified atom stereocenters. The monoisotopic (exact) mass is 472 g/mol. The summed E-state index contributed by atoms with van der Waals surface area (Å²) in [5, 5.41) is 2.82. The highest BCUT2D eigenvalue weighted by Crippen LogP contribution is 2.30. The van der Waals surface area contributed by atoms with Gasteiger partial charge in [0.15, 0.2) is 0 Å². The van der Waals surface area contributed by atoms with Crippen molar-refractivity contribution >= 4 is 11.6 Å². The summed E-state index contributed by atoms with van der Waals surface area (Å²) in [6.07, 6.45) is 5.98. The number of aromatic nitrogens is 3. The van der Waals surface area contributed by atoms with Gasteiger partial charge in [0.05, 0.1) is 30.9 Å². The second-order valence-corrected chi connectivity index (χ2v) is 8.64. The van der Waals surface area contributed by atoms with Crippen LogP contribution < -0.4 is 15.6 Å². The van der Waals surface area contributed by atoms with Gasteiger partial charge in [0.2, 0.25) is 0 Å². The standard InChI is InChI=1S/C27H25FN4O3/c1-17-15-31(16-29-17)24-13-10-20(14-25(24)35-2)30-26(33)22-12-11-21-4-3-5-23(32(21)27(22)34)18-6-8-19(28)9-7-18/h6-16,23H,3-5H2,1-2H3,(H,30,33). The highest BCUT2D eigenvalue weighted by atomic mass is 19.1. The number of anilines is 1. The van der Waals surface area contributed by atoms with Crippen LogP contribution in [0.2, 0.25) is 0 Å². The average Bonchev–Trinajstić information content (AvgIpc) is 3.30. The number of ether oxygens (including phenoxy) is 1. The Morgan fingerprint density at radius 2 is 1.94 bits per heavy atom. The number of carbonyl (C=O) groups is 1. The number of fused-ring (bicyclic) bond motifs is 1. The number of amides is 1. The first-order valence-corrected chi connectivity index (χ1v) is 11.4. The van der Waals surface area contributed by atoms with Crippen LogP contribution in [0.25, 0.3) is 5.69 Å². The van der Waals surface area contributed by atoms with Crippen LogP contribution in [0.15, 0.2) is 71.9 Å². The minimum atomic E-state index is -0.498. The summed E-state index contributed by atoms with van der Waals surface area (Å²) in [5.41, 5.74) is 3.57. The number of methoxy groups -OCH3 is 1. The van der Waals surface area contributed by atoms with Crippen molar-refractivity contribution in [1.82, 2.24) is 14.1 Å². The van der Waals surface area contributed by atoms with Crippen molar-refractivity contribution < 1.29 is 13.9 Å². The Kier molecular flexibility index (Phi) is 5.94. The highest BCUT2D eigenvalue weighted by molar-refractivity contribution is 6.04. The van der Waals surface area contributed by atoms with E-state index in [1.807, 2.05) is 29.8 Å². The fraction of sp³-hybridized carbons (Fsp3) is 0.222. The van der Waals surface area contributed by atoms with Gasteiger partial charge in [0.1, 0.15) is 17.1 Å². The molecule has 178 valence electrons. The Morgan fingerprint density at radius 3 is 2.66 bits per heavy atom. The number of nitrogens with zero attached hydrogens (tertiary/aromatic N) is 3. The predicted octanol–water partition coefficient (Wildman–Crippen LogP) is 4.67. The van der Waals surface area contributed by atoms with Gasteiger partial charge in [-0.25, -0.2) is 9.37 Å². The Hall–Kier alpha value is -4.20. The molecule has 35 heavy (non-hydrogen) atoms. The molecule has 0 radical (unpaired) electrons. The molecule has 0 fully saturated rings. The fourth-order valence-corrected chi connectivity index (χ4v) is 4.64. The zero-order valence-corrected chi connectivity index (χ0v) is 19.5. The third kappa shape index (κ3) is 4.35. The van der Waals surface area contributed by atoms with E-state index < -0.39 is 5.91 Å². The SMILES string of the molecule is COc1cc(NC(=O)c2ccc3n(c2=O)C(c2ccc(F)cc2)CCC3)ccc1-n1cnc(C)c1. The quantitative estimate of drug-likeness (QED) is 0.458. The highest BCUT2D eigenvalue weighted by Gasteiger charge is 2.25. The third-order valence-corrected chi connectivity index (χ3v) is 6.35. The third-order valence-electron chi connectivity index (χ3n) is 6.35. The van der Waals surface area contributed by atoms with Crippen LogP contribution in [-0.4, -0.2) is 27.1 Å². The number of benzene rings is 2. The number of rotatable bonds is 5. The number of aryl methyl sites for hydroxylation is 2. The molecule has 2 aromatic heterocycles. The molecule has 1 N–H and O–H groups in total. The molecule has 0 spiro atoms. The smallest absolute Gasteiger partial charge is 0.264 e. The van der Waals surface area contributed by atoms with Crippen molar-refractivity contribution in [2.24, 2.45) is 0 Å². The summed E-state index contributed by atoms with van der Waals surface area (Å²) in [6, 6.07) is 14.6. The molecule has 1 aliphatic heterocycles. The number of carbonyl (C=O) groups excluding carboxylic acids is 1. The summed E-state index contributed by atoms with van der Waals surface area (Å²) >= 11 is 0. The Bertz CT molecular complexity index is 1460. The van der Waals surface area contributed by atoms with Crippen LogP contribution in [0.3, 0.4) is 0 Å². The van der Waals surface area contributed by atoms with E-state index >= 15 is 0 Å². The van der Waals surface area contributed by atoms with Crippen molar-refractivity contribution in [3.05, 3.63) is 106 Å². The van der Waals surface area contributed by atoms with Gasteiger partial charge in [-0.15, -0.1) is 0 Å². The number of nitrogens with one attached hydrogen (secondary N) is 1. The first-order valence-electron chi connectivity index (χ1n) is 11.4. The number of pyridine rings is 1. The molecule has 3 heterocycles. The lowest BCUT2D eigenvalue weighted by Crippen LogP contribution is -2.36. The van der Waals surface area contributed by atoms with Crippen LogP contribution in [0.5, 0.6) is 5.75 Å². The van der Waals surface area contributed by atoms with E-state index in [2.05, 4.69) is 10.3 Å². The molecule has 1 aliphatic rings. The maximum Gasteiger partial charge on any atom is 0.264 e. The lowest BCUT2D eigenvalue weighted by molar-refractivity contribution is 0.102. The van der Waals surface area contributed by atoms with E-state index in [0.717, 1.165) is 41.9 Å². The molecule has 2 aromatic carbocycles. The topological polar surface area (TPSA) is 78.1 Å². The van der Waals surface area contributed by atoms with E-state index in [0.29, 0.717) is 11.4 Å². The van der Waals surface area contributed by atoms with E-state index in [-0.39, 0.29) is 23.0 Å². The first-order chi connectivity index (χ1) is 16.9. The summed E-state index contributed by atoms with van der Waals surface area (Å²) < 4.78 is 22.5. The molecule has 7 nitrogen and oxygen atoms in total. The van der Waals surface area contributed by atoms with Crippen LogP contribution >= 0.6 is 0 Å². The summed E-state index contributed by atoms with van der Waals surface area (Å²) in [5.74, 6) is -0.268. The maximum atomic E-state index is 13.5. The van der Waals surface area contributed by atoms with E-state index in [1.165, 1.54) is 12.1 Å². The van der Waals surface area contributed by atoms with Gasteiger partial charge in [0, 0.05) is 23.6 Å². The van der Waals surface area contributed by atoms with Crippen molar-refractivity contribution in [2.75, 3.05) is 12.4 Å². The number of halogens is 1. The number of imidazole rings is 1. The normalized spacial score (nSPS) is 14.9. The molecule has 0 aliphatic carbocycles. The van der Waals surface area contributed by atoms with Crippen LogP contribution in [0, 0.1) is 12.7 Å². The second kappa shape index (κ2) is 9.21. The molecule has 1 atom stereocenters. The van der Waals surface area contributed by atoms with Gasteiger partial charge in [0.25, 0.3) is 11.5 Å². The largest absolute Gasteiger partial charge is 0.494 e. The molecule has 4 aromatic rings. The second-order valence-electron chi connectivity index (χ2n) is 8.64. The lowest BCUT2D eigenvalue weighted by Gasteiger charge is -2.28. The molecular formula is C27H25FN4O3. The van der Waals surface area contributed by atoms with Crippen LogP contribution in [-0.2, 0) is 6.42 Å². The average molecular weight is 473 g/mol. The summed E-state index contributed by atoms with van der Waals surface area (Å²) in [6.45, 7) is 1.90. The van der Waals surface area contributed by atoms with Crippen molar-refractivity contribution in [3.63, 3.8) is 0 Å². The molecular weight excluding hydrogens is 447 g/mol. The van der Waals surface area contributed by atoms with Gasteiger partial charge in [-0.3, -0.25) is 9.59 Å². The fourth-order valence-electron chi connectivity index (χ4n) is 4.64. The van der Waals surface area contributed by atoms with Crippen molar-refractivity contribution in [1.29, 1.82) is 0 Å². The molecule has 0 bridgehead atoms. The zero-order chi connectivity index (χ0) is 24.5. The molecule has 0 saturated carbocycles. The predicted molar refractivity (Wildman–Crippen MR) is 131 cm³/mol.